The van der Waals surface area contributed by atoms with Crippen LogP contribution in [0.3, 0.4) is 0 Å². The summed E-state index contributed by atoms with van der Waals surface area (Å²) in [5.74, 6) is -4.07. The number of rotatable bonds is 3. The Labute approximate surface area is 115 Å². The van der Waals surface area contributed by atoms with Crippen molar-refractivity contribution in [1.82, 2.24) is 10.0 Å². The van der Waals surface area contributed by atoms with Crippen LogP contribution >= 0.6 is 0 Å². The molecule has 112 valence electrons. The Morgan fingerprint density at radius 3 is 2.50 bits per heavy atom. The first kappa shape index (κ1) is 15.3. The number of sulfonamides is 1. The molecule has 1 saturated heterocycles. The summed E-state index contributed by atoms with van der Waals surface area (Å²) in [5, 5.41) is 3.02. The van der Waals surface area contributed by atoms with E-state index in [0.29, 0.717) is 12.6 Å². The normalized spacial score (nSPS) is 23.8. The smallest absolute Gasteiger partial charge is 0.243 e. The van der Waals surface area contributed by atoms with Crippen LogP contribution in [0.5, 0.6) is 0 Å². The predicted molar refractivity (Wildman–Crippen MR) is 67.1 cm³/mol. The van der Waals surface area contributed by atoms with Crippen molar-refractivity contribution in [3.8, 4) is 0 Å². The number of nitrogens with one attached hydrogen (secondary N) is 2. The molecule has 4 nitrogen and oxygen atoms in total. The van der Waals surface area contributed by atoms with Gasteiger partial charge in [0, 0.05) is 18.7 Å². The fourth-order valence-corrected chi connectivity index (χ4v) is 3.54. The number of hydrogen-bond acceptors (Lipinski definition) is 3. The molecule has 0 radical (unpaired) electrons. The minimum absolute atomic E-state index is 0.0689. The Hall–Kier alpha value is -1.12. The van der Waals surface area contributed by atoms with Gasteiger partial charge in [0.1, 0.15) is 10.7 Å². The van der Waals surface area contributed by atoms with Crippen molar-refractivity contribution in [1.29, 1.82) is 0 Å². The van der Waals surface area contributed by atoms with Crippen LogP contribution in [0.2, 0.25) is 0 Å². The van der Waals surface area contributed by atoms with Crippen LogP contribution in [0, 0.1) is 23.4 Å². The standard InChI is InChI=1S/C12H15F3N2O2S/c1-7-2-3-16-6-11(7)17-20(18,19)12-5-9(14)8(13)4-10(12)15/h4-5,7,11,16-17H,2-3,6H2,1H3. The Kier molecular flexibility index (Phi) is 4.36. The highest BCUT2D eigenvalue weighted by molar-refractivity contribution is 7.89. The molecule has 1 aromatic carbocycles. The maximum atomic E-state index is 13.5. The molecule has 1 aromatic rings. The van der Waals surface area contributed by atoms with Gasteiger partial charge < -0.3 is 5.32 Å². The summed E-state index contributed by atoms with van der Waals surface area (Å²) < 4.78 is 65.9. The van der Waals surface area contributed by atoms with E-state index in [2.05, 4.69) is 10.0 Å². The largest absolute Gasteiger partial charge is 0.315 e. The maximum Gasteiger partial charge on any atom is 0.243 e. The molecule has 2 unspecified atom stereocenters. The van der Waals surface area contributed by atoms with Gasteiger partial charge in [-0.1, -0.05) is 6.92 Å². The topological polar surface area (TPSA) is 58.2 Å². The predicted octanol–water partition coefficient (Wildman–Crippen LogP) is 1.38. The van der Waals surface area contributed by atoms with E-state index in [9.17, 15) is 21.6 Å². The lowest BCUT2D eigenvalue weighted by atomic mass is 9.96. The van der Waals surface area contributed by atoms with Gasteiger partial charge in [-0.2, -0.15) is 0 Å². The molecule has 0 bridgehead atoms. The van der Waals surface area contributed by atoms with E-state index in [1.54, 1.807) is 0 Å². The quantitative estimate of drug-likeness (QED) is 0.830. The van der Waals surface area contributed by atoms with Crippen molar-refractivity contribution >= 4 is 10.0 Å². The van der Waals surface area contributed by atoms with E-state index < -0.39 is 38.4 Å². The average molecular weight is 308 g/mol. The van der Waals surface area contributed by atoms with Crippen molar-refractivity contribution in [2.75, 3.05) is 13.1 Å². The number of piperidine rings is 1. The Bertz CT molecular complexity index is 607. The highest BCUT2D eigenvalue weighted by Gasteiger charge is 2.29. The lowest BCUT2D eigenvalue weighted by Crippen LogP contribution is -2.50. The molecule has 0 saturated carbocycles. The summed E-state index contributed by atoms with van der Waals surface area (Å²) in [4.78, 5) is -0.880. The van der Waals surface area contributed by atoms with Crippen molar-refractivity contribution in [2.24, 2.45) is 5.92 Å². The second kappa shape index (κ2) is 5.71. The summed E-state index contributed by atoms with van der Waals surface area (Å²) in [6.07, 6.45) is 0.771. The molecular formula is C12H15F3N2O2S. The molecule has 1 heterocycles. The molecule has 1 aliphatic rings. The van der Waals surface area contributed by atoms with Crippen LogP contribution in [0.15, 0.2) is 17.0 Å². The molecule has 20 heavy (non-hydrogen) atoms. The number of hydrogen-bond donors (Lipinski definition) is 2. The van der Waals surface area contributed by atoms with E-state index in [-0.39, 0.29) is 12.0 Å². The van der Waals surface area contributed by atoms with Crippen LogP contribution in [-0.2, 0) is 10.0 Å². The van der Waals surface area contributed by atoms with E-state index in [0.717, 1.165) is 13.0 Å². The van der Waals surface area contributed by atoms with Gasteiger partial charge in [-0.25, -0.2) is 26.3 Å². The van der Waals surface area contributed by atoms with E-state index in [1.807, 2.05) is 6.92 Å². The van der Waals surface area contributed by atoms with Crippen LogP contribution < -0.4 is 10.0 Å². The molecule has 1 aliphatic heterocycles. The summed E-state index contributed by atoms with van der Waals surface area (Å²) >= 11 is 0. The van der Waals surface area contributed by atoms with Gasteiger partial charge in [0.25, 0.3) is 0 Å². The zero-order valence-corrected chi connectivity index (χ0v) is 11.6. The minimum atomic E-state index is -4.23. The Morgan fingerprint density at radius 1 is 1.20 bits per heavy atom. The molecule has 0 spiro atoms. The van der Waals surface area contributed by atoms with E-state index >= 15 is 0 Å². The molecule has 0 aromatic heterocycles. The van der Waals surface area contributed by atoms with Gasteiger partial charge in [-0.05, 0) is 24.9 Å². The Morgan fingerprint density at radius 2 is 1.85 bits per heavy atom. The Balaban J connectivity index is 2.28. The molecule has 0 amide bonds. The number of benzene rings is 1. The fourth-order valence-electron chi connectivity index (χ4n) is 2.12. The third-order valence-corrected chi connectivity index (χ3v) is 4.90. The van der Waals surface area contributed by atoms with Gasteiger partial charge in [0.15, 0.2) is 11.6 Å². The van der Waals surface area contributed by atoms with Crippen molar-refractivity contribution < 1.29 is 21.6 Å². The monoisotopic (exact) mass is 308 g/mol. The fraction of sp³-hybridized carbons (Fsp3) is 0.500. The zero-order valence-electron chi connectivity index (χ0n) is 10.8. The van der Waals surface area contributed by atoms with Crippen molar-refractivity contribution in [3.63, 3.8) is 0 Å². The van der Waals surface area contributed by atoms with Gasteiger partial charge in [-0.15, -0.1) is 0 Å². The summed E-state index contributed by atoms with van der Waals surface area (Å²) in [5.41, 5.74) is 0. The lowest BCUT2D eigenvalue weighted by molar-refractivity contribution is 0.326. The molecule has 2 rings (SSSR count). The zero-order chi connectivity index (χ0) is 14.9. The third-order valence-electron chi connectivity index (χ3n) is 3.40. The number of halogens is 3. The summed E-state index contributed by atoms with van der Waals surface area (Å²) in [6, 6.07) is 0.168. The van der Waals surface area contributed by atoms with Gasteiger partial charge in [0.2, 0.25) is 10.0 Å². The molecule has 2 N–H and O–H groups in total. The first-order valence-corrected chi connectivity index (χ1v) is 7.67. The molecule has 8 heteroatoms. The molecule has 1 fully saturated rings. The highest BCUT2D eigenvalue weighted by Crippen LogP contribution is 2.20. The second-order valence-corrected chi connectivity index (χ2v) is 6.58. The maximum absolute atomic E-state index is 13.5. The lowest BCUT2D eigenvalue weighted by Gasteiger charge is -2.30. The van der Waals surface area contributed by atoms with Crippen LogP contribution in [0.25, 0.3) is 0 Å². The minimum Gasteiger partial charge on any atom is -0.315 e. The van der Waals surface area contributed by atoms with Crippen molar-refractivity contribution in [3.05, 3.63) is 29.6 Å². The highest BCUT2D eigenvalue weighted by atomic mass is 32.2. The summed E-state index contributed by atoms with van der Waals surface area (Å²) in [7, 11) is -4.23. The summed E-state index contributed by atoms with van der Waals surface area (Å²) in [6.45, 7) is 3.06. The SMILES string of the molecule is CC1CCNCC1NS(=O)(=O)c1cc(F)c(F)cc1F. The van der Waals surface area contributed by atoms with E-state index in [4.69, 9.17) is 0 Å². The molecule has 2 atom stereocenters. The van der Waals surface area contributed by atoms with Gasteiger partial charge in [-0.3, -0.25) is 0 Å². The van der Waals surface area contributed by atoms with Crippen molar-refractivity contribution in [2.45, 2.75) is 24.3 Å². The van der Waals surface area contributed by atoms with E-state index in [1.165, 1.54) is 0 Å². The third kappa shape index (κ3) is 3.13. The van der Waals surface area contributed by atoms with Gasteiger partial charge in [0.05, 0.1) is 0 Å². The molecular weight excluding hydrogens is 293 g/mol. The van der Waals surface area contributed by atoms with Crippen LogP contribution in [0.1, 0.15) is 13.3 Å². The van der Waals surface area contributed by atoms with Crippen LogP contribution in [0.4, 0.5) is 13.2 Å². The second-order valence-electron chi connectivity index (χ2n) is 4.89. The van der Waals surface area contributed by atoms with Crippen LogP contribution in [-0.4, -0.2) is 27.5 Å². The van der Waals surface area contributed by atoms with Gasteiger partial charge >= 0.3 is 0 Å². The average Bonchev–Trinajstić information content (AvgIpc) is 2.36. The molecule has 0 aliphatic carbocycles. The first-order chi connectivity index (χ1) is 9.31. The first-order valence-electron chi connectivity index (χ1n) is 6.19.